The van der Waals surface area contributed by atoms with Gasteiger partial charge in [0.25, 0.3) is 0 Å². The molecule has 0 aromatic carbocycles. The molecule has 1 unspecified atom stereocenters. The summed E-state index contributed by atoms with van der Waals surface area (Å²) in [6.07, 6.45) is 10.7. The second kappa shape index (κ2) is 25.8. The van der Waals surface area contributed by atoms with Gasteiger partial charge in [-0.1, -0.05) is 73.6 Å². The number of unbranched alkanes of at least 4 members (excludes halogenated alkanes) is 5. The molecule has 0 aromatic heterocycles. The minimum atomic E-state index is 0.677. The lowest BCUT2D eigenvalue weighted by atomic mass is 10.2. The first kappa shape index (κ1) is 29.4. The molecule has 3 nitrogen and oxygen atoms in total. The van der Waals surface area contributed by atoms with Crippen LogP contribution < -0.4 is 0 Å². The van der Waals surface area contributed by atoms with Gasteiger partial charge in [0.2, 0.25) is 0 Å². The van der Waals surface area contributed by atoms with Crippen molar-refractivity contribution in [1.82, 2.24) is 9.80 Å². The first-order chi connectivity index (χ1) is 12.0. The lowest BCUT2D eigenvalue weighted by molar-refractivity contribution is -0.107. The van der Waals surface area contributed by atoms with Crippen molar-refractivity contribution in [2.45, 2.75) is 106 Å². The number of rotatable bonds is 13. The quantitative estimate of drug-likeness (QED) is 0.297. The van der Waals surface area contributed by atoms with E-state index in [0.717, 1.165) is 19.3 Å². The van der Waals surface area contributed by atoms with Crippen LogP contribution in [-0.2, 0) is 4.79 Å². The van der Waals surface area contributed by atoms with Crippen LogP contribution in [0.1, 0.15) is 99.8 Å². The second-order valence-electron chi connectivity index (χ2n) is 6.83. The molecule has 0 aliphatic carbocycles. The van der Waals surface area contributed by atoms with Gasteiger partial charge in [0, 0.05) is 19.0 Å². The molecule has 0 spiro atoms. The van der Waals surface area contributed by atoms with Gasteiger partial charge in [-0.2, -0.15) is 0 Å². The molecule has 0 saturated heterocycles. The largest absolute Gasteiger partial charge is 0.303 e. The Labute approximate surface area is 160 Å². The van der Waals surface area contributed by atoms with Crippen LogP contribution in [0.3, 0.4) is 0 Å². The van der Waals surface area contributed by atoms with Crippen molar-refractivity contribution in [3.05, 3.63) is 0 Å². The van der Waals surface area contributed by atoms with Crippen molar-refractivity contribution < 1.29 is 4.79 Å². The molecule has 0 amide bonds. The average molecular weight is 359 g/mol. The van der Waals surface area contributed by atoms with E-state index in [0.29, 0.717) is 12.5 Å². The van der Waals surface area contributed by atoms with Gasteiger partial charge >= 0.3 is 0 Å². The zero-order valence-electron chi connectivity index (χ0n) is 18.9. The summed E-state index contributed by atoms with van der Waals surface area (Å²) in [5, 5.41) is 0. The third-order valence-corrected chi connectivity index (χ3v) is 4.46. The topological polar surface area (TPSA) is 23.6 Å². The SMILES string of the molecule is CCCC.CCCC=O.CCCCCCN(CC)CC(C)N(C)CC. The van der Waals surface area contributed by atoms with Crippen molar-refractivity contribution in [3.63, 3.8) is 0 Å². The number of hydrogen-bond acceptors (Lipinski definition) is 3. The van der Waals surface area contributed by atoms with Crippen LogP contribution in [0.15, 0.2) is 0 Å². The fourth-order valence-electron chi connectivity index (χ4n) is 2.08. The minimum absolute atomic E-state index is 0.677. The summed E-state index contributed by atoms with van der Waals surface area (Å²) in [5.74, 6) is 0. The van der Waals surface area contributed by atoms with E-state index in [1.165, 1.54) is 58.2 Å². The molecule has 154 valence electrons. The van der Waals surface area contributed by atoms with Gasteiger partial charge in [-0.15, -0.1) is 0 Å². The highest BCUT2D eigenvalue weighted by molar-refractivity contribution is 5.48. The molecule has 0 N–H and O–H groups in total. The predicted molar refractivity (Wildman–Crippen MR) is 116 cm³/mol. The molecule has 3 heteroatoms. The average Bonchev–Trinajstić information content (AvgIpc) is 2.64. The third-order valence-electron chi connectivity index (χ3n) is 4.46. The van der Waals surface area contributed by atoms with Gasteiger partial charge in [-0.25, -0.2) is 0 Å². The van der Waals surface area contributed by atoms with Crippen molar-refractivity contribution in [3.8, 4) is 0 Å². The van der Waals surface area contributed by atoms with E-state index in [2.05, 4.69) is 58.4 Å². The number of likely N-dealkylation sites (N-methyl/N-ethyl adjacent to an activating group) is 2. The standard InChI is InChI=1S/C14H32N2.C4H8O.C4H10/c1-6-9-10-11-12-16(8-3)13-14(4)15(5)7-2;1-2-3-4-5;1-3-4-2/h14H,6-13H2,1-5H3;4H,2-3H2,1H3;3-4H2,1-2H3. The molecule has 0 radical (unpaired) electrons. The predicted octanol–water partition coefficient (Wildman–Crippen LogP) is 6.02. The maximum atomic E-state index is 9.40. The van der Waals surface area contributed by atoms with Crippen molar-refractivity contribution in [1.29, 1.82) is 0 Å². The highest BCUT2D eigenvalue weighted by Gasteiger charge is 2.11. The molecule has 0 bridgehead atoms. The number of carbonyl (C=O) groups is 1. The van der Waals surface area contributed by atoms with E-state index in [1.54, 1.807) is 0 Å². The molecule has 1 atom stereocenters. The molecule has 0 rings (SSSR count). The molecule has 0 fully saturated rings. The summed E-state index contributed by atoms with van der Waals surface area (Å²) in [4.78, 5) is 14.4. The monoisotopic (exact) mass is 358 g/mol. The Bertz CT molecular complexity index is 232. The van der Waals surface area contributed by atoms with Gasteiger partial charge < -0.3 is 14.6 Å². The lowest BCUT2D eigenvalue weighted by Crippen LogP contribution is -2.40. The van der Waals surface area contributed by atoms with Crippen molar-refractivity contribution in [2.75, 3.05) is 33.2 Å². The van der Waals surface area contributed by atoms with Crippen LogP contribution >= 0.6 is 0 Å². The van der Waals surface area contributed by atoms with E-state index in [4.69, 9.17) is 0 Å². The molecule has 25 heavy (non-hydrogen) atoms. The summed E-state index contributed by atoms with van der Waals surface area (Å²) < 4.78 is 0. The first-order valence-electron chi connectivity index (χ1n) is 10.8. The Morgan fingerprint density at radius 1 is 0.800 bits per heavy atom. The summed E-state index contributed by atoms with van der Waals surface area (Å²) in [7, 11) is 2.22. The van der Waals surface area contributed by atoms with E-state index < -0.39 is 0 Å². The molecular formula is C22H50N2O. The third kappa shape index (κ3) is 25.9. The zero-order valence-corrected chi connectivity index (χ0v) is 18.9. The first-order valence-corrected chi connectivity index (χ1v) is 10.8. The molecule has 0 aliphatic heterocycles. The van der Waals surface area contributed by atoms with Crippen molar-refractivity contribution in [2.24, 2.45) is 0 Å². The lowest BCUT2D eigenvalue weighted by Gasteiger charge is -2.29. The Kier molecular flexibility index (Phi) is 30.3. The van der Waals surface area contributed by atoms with Gasteiger partial charge in [0.1, 0.15) is 6.29 Å². The Hall–Kier alpha value is -0.410. The van der Waals surface area contributed by atoms with Crippen LogP contribution in [0.25, 0.3) is 0 Å². The normalized spacial score (nSPS) is 11.4. The van der Waals surface area contributed by atoms with E-state index in [9.17, 15) is 4.79 Å². The van der Waals surface area contributed by atoms with Crippen molar-refractivity contribution >= 4 is 6.29 Å². The molecule has 0 aliphatic rings. The fourth-order valence-corrected chi connectivity index (χ4v) is 2.08. The fraction of sp³-hybridized carbons (Fsp3) is 0.955. The highest BCUT2D eigenvalue weighted by atomic mass is 16.1. The Balaban J connectivity index is -0.000000442. The van der Waals surface area contributed by atoms with E-state index >= 15 is 0 Å². The van der Waals surface area contributed by atoms with Crippen LogP contribution in [0.5, 0.6) is 0 Å². The van der Waals surface area contributed by atoms with E-state index in [-0.39, 0.29) is 0 Å². The number of aldehydes is 1. The Morgan fingerprint density at radius 2 is 1.40 bits per heavy atom. The van der Waals surface area contributed by atoms with Crippen LogP contribution in [0.2, 0.25) is 0 Å². The van der Waals surface area contributed by atoms with E-state index in [1.807, 2.05) is 6.92 Å². The number of carbonyl (C=O) groups excluding carboxylic acids is 1. The second-order valence-corrected chi connectivity index (χ2v) is 6.83. The van der Waals surface area contributed by atoms with Crippen LogP contribution in [0, 0.1) is 0 Å². The summed E-state index contributed by atoms with van der Waals surface area (Å²) in [5.41, 5.74) is 0. The van der Waals surface area contributed by atoms with Gasteiger partial charge in [-0.3, -0.25) is 0 Å². The van der Waals surface area contributed by atoms with Gasteiger partial charge in [-0.05, 0) is 46.4 Å². The molecular weight excluding hydrogens is 308 g/mol. The summed E-state index contributed by atoms with van der Waals surface area (Å²) in [6.45, 7) is 20.3. The number of hydrogen-bond donors (Lipinski definition) is 0. The van der Waals surface area contributed by atoms with Crippen LogP contribution in [0.4, 0.5) is 0 Å². The van der Waals surface area contributed by atoms with Crippen LogP contribution in [-0.4, -0.2) is 55.4 Å². The number of nitrogens with zero attached hydrogens (tertiary/aromatic N) is 2. The molecule has 0 heterocycles. The molecule has 0 saturated carbocycles. The van der Waals surface area contributed by atoms with Gasteiger partial charge in [0.05, 0.1) is 0 Å². The summed E-state index contributed by atoms with van der Waals surface area (Å²) >= 11 is 0. The minimum Gasteiger partial charge on any atom is -0.303 e. The summed E-state index contributed by atoms with van der Waals surface area (Å²) in [6, 6.07) is 0.677. The maximum Gasteiger partial charge on any atom is 0.119 e. The Morgan fingerprint density at radius 3 is 1.72 bits per heavy atom. The smallest absolute Gasteiger partial charge is 0.119 e. The zero-order chi connectivity index (χ0) is 19.9. The van der Waals surface area contributed by atoms with Gasteiger partial charge in [0.15, 0.2) is 0 Å². The molecule has 0 aromatic rings. The highest BCUT2D eigenvalue weighted by Crippen LogP contribution is 2.04. The maximum absolute atomic E-state index is 9.40.